The molecule has 0 aliphatic carbocycles. The summed E-state index contributed by atoms with van der Waals surface area (Å²) in [5.41, 5.74) is 2.27. The van der Waals surface area contributed by atoms with Crippen molar-refractivity contribution in [1.82, 2.24) is 15.0 Å². The van der Waals surface area contributed by atoms with Gasteiger partial charge in [-0.15, -0.1) is 0 Å². The van der Waals surface area contributed by atoms with E-state index in [1.54, 1.807) is 0 Å². The Morgan fingerprint density at radius 3 is 2.41 bits per heavy atom. The monoisotopic (exact) mass is 402 g/mol. The number of benzene rings is 2. The maximum Gasteiger partial charge on any atom is 0.324 e. The predicted molar refractivity (Wildman–Crippen MR) is 107 cm³/mol. The van der Waals surface area contributed by atoms with E-state index in [1.807, 2.05) is 42.5 Å². The SMILES string of the molecule is Clc1ccc(Cc2noc(N3CCN(Cc4ccccc4Cl)CC3)n2)cc1. The molecule has 1 aliphatic rings. The topological polar surface area (TPSA) is 45.4 Å². The van der Waals surface area contributed by atoms with Gasteiger partial charge in [0.05, 0.1) is 0 Å². The van der Waals surface area contributed by atoms with Gasteiger partial charge in [0.2, 0.25) is 0 Å². The van der Waals surface area contributed by atoms with Crippen molar-refractivity contribution < 1.29 is 4.52 Å². The van der Waals surface area contributed by atoms with Crippen LogP contribution in [-0.4, -0.2) is 41.2 Å². The van der Waals surface area contributed by atoms with Crippen molar-refractivity contribution in [3.63, 3.8) is 0 Å². The zero-order valence-electron chi connectivity index (χ0n) is 14.8. The van der Waals surface area contributed by atoms with Gasteiger partial charge in [0.25, 0.3) is 0 Å². The molecule has 0 unspecified atom stereocenters. The summed E-state index contributed by atoms with van der Waals surface area (Å²) in [7, 11) is 0. The minimum absolute atomic E-state index is 0.594. The third kappa shape index (κ3) is 4.61. The van der Waals surface area contributed by atoms with Crippen LogP contribution in [0, 0.1) is 0 Å². The number of nitrogens with zero attached hydrogens (tertiary/aromatic N) is 4. The van der Waals surface area contributed by atoms with Gasteiger partial charge < -0.3 is 9.42 Å². The fourth-order valence-electron chi connectivity index (χ4n) is 3.19. The van der Waals surface area contributed by atoms with E-state index in [9.17, 15) is 0 Å². The summed E-state index contributed by atoms with van der Waals surface area (Å²) < 4.78 is 5.47. The first kappa shape index (κ1) is 18.3. The van der Waals surface area contributed by atoms with Crippen LogP contribution in [0.2, 0.25) is 10.0 Å². The zero-order chi connectivity index (χ0) is 18.6. The van der Waals surface area contributed by atoms with Gasteiger partial charge in [-0.05, 0) is 29.3 Å². The van der Waals surface area contributed by atoms with Crippen LogP contribution in [0.5, 0.6) is 0 Å². The molecule has 0 saturated carbocycles. The fraction of sp³-hybridized carbons (Fsp3) is 0.300. The van der Waals surface area contributed by atoms with Crippen molar-refractivity contribution in [2.24, 2.45) is 0 Å². The highest BCUT2D eigenvalue weighted by molar-refractivity contribution is 6.31. The van der Waals surface area contributed by atoms with Gasteiger partial charge in [0, 0.05) is 49.2 Å². The number of hydrogen-bond donors (Lipinski definition) is 0. The minimum atomic E-state index is 0.594. The lowest BCUT2D eigenvalue weighted by molar-refractivity contribution is 0.242. The number of anilines is 1. The smallest absolute Gasteiger partial charge is 0.322 e. The Morgan fingerprint density at radius 1 is 0.926 bits per heavy atom. The molecular weight excluding hydrogens is 383 g/mol. The third-order valence-electron chi connectivity index (χ3n) is 4.73. The van der Waals surface area contributed by atoms with Crippen LogP contribution >= 0.6 is 23.2 Å². The molecule has 27 heavy (non-hydrogen) atoms. The molecule has 1 fully saturated rings. The van der Waals surface area contributed by atoms with Crippen molar-refractivity contribution in [3.05, 3.63) is 75.5 Å². The Hall–Kier alpha value is -2.08. The normalized spacial score (nSPS) is 15.3. The van der Waals surface area contributed by atoms with Gasteiger partial charge in [-0.1, -0.05) is 58.7 Å². The average molecular weight is 403 g/mol. The summed E-state index contributed by atoms with van der Waals surface area (Å²) in [5.74, 6) is 0.686. The Bertz CT molecular complexity index is 889. The summed E-state index contributed by atoms with van der Waals surface area (Å²) >= 11 is 12.2. The molecule has 0 N–H and O–H groups in total. The molecule has 0 amide bonds. The van der Waals surface area contributed by atoms with Crippen LogP contribution < -0.4 is 4.90 Å². The van der Waals surface area contributed by atoms with E-state index < -0.39 is 0 Å². The largest absolute Gasteiger partial charge is 0.324 e. The van der Waals surface area contributed by atoms with E-state index in [4.69, 9.17) is 27.7 Å². The summed E-state index contributed by atoms with van der Waals surface area (Å²) in [6.45, 7) is 4.43. The molecule has 4 rings (SSSR count). The van der Waals surface area contributed by atoms with Crippen LogP contribution in [0.15, 0.2) is 53.1 Å². The lowest BCUT2D eigenvalue weighted by atomic mass is 10.1. The predicted octanol–water partition coefficient (Wildman–Crippen LogP) is 4.29. The molecule has 2 heterocycles. The van der Waals surface area contributed by atoms with Gasteiger partial charge in [-0.3, -0.25) is 4.90 Å². The number of halogens is 2. The first-order valence-corrected chi connectivity index (χ1v) is 9.71. The highest BCUT2D eigenvalue weighted by atomic mass is 35.5. The second-order valence-corrected chi connectivity index (χ2v) is 7.49. The number of aromatic nitrogens is 2. The first-order chi connectivity index (χ1) is 13.2. The number of rotatable bonds is 5. The molecule has 140 valence electrons. The molecule has 2 aromatic carbocycles. The van der Waals surface area contributed by atoms with E-state index in [0.717, 1.165) is 53.9 Å². The lowest BCUT2D eigenvalue weighted by Crippen LogP contribution is -2.46. The molecule has 0 bridgehead atoms. The average Bonchev–Trinajstić information content (AvgIpc) is 3.15. The number of hydrogen-bond acceptors (Lipinski definition) is 5. The second-order valence-electron chi connectivity index (χ2n) is 6.65. The zero-order valence-corrected chi connectivity index (χ0v) is 16.3. The third-order valence-corrected chi connectivity index (χ3v) is 5.35. The van der Waals surface area contributed by atoms with Crippen LogP contribution in [0.25, 0.3) is 0 Å². The van der Waals surface area contributed by atoms with Crippen LogP contribution in [0.4, 0.5) is 6.01 Å². The van der Waals surface area contributed by atoms with E-state index in [0.29, 0.717) is 18.3 Å². The van der Waals surface area contributed by atoms with E-state index >= 15 is 0 Å². The second kappa shape index (κ2) is 8.30. The molecule has 5 nitrogen and oxygen atoms in total. The van der Waals surface area contributed by atoms with Gasteiger partial charge in [-0.2, -0.15) is 4.98 Å². The fourth-order valence-corrected chi connectivity index (χ4v) is 3.52. The minimum Gasteiger partial charge on any atom is -0.322 e. The first-order valence-electron chi connectivity index (χ1n) is 8.95. The highest BCUT2D eigenvalue weighted by Gasteiger charge is 2.22. The standard InChI is InChI=1S/C20H20Cl2N4O/c21-17-7-5-15(6-8-17)13-19-23-20(27-24-19)26-11-9-25(10-12-26)14-16-3-1-2-4-18(16)22/h1-8H,9-14H2. The van der Waals surface area contributed by atoms with Crippen molar-refractivity contribution >= 4 is 29.2 Å². The van der Waals surface area contributed by atoms with Crippen LogP contribution in [-0.2, 0) is 13.0 Å². The van der Waals surface area contributed by atoms with E-state index in [-0.39, 0.29) is 0 Å². The summed E-state index contributed by atoms with van der Waals surface area (Å²) in [4.78, 5) is 9.08. The van der Waals surface area contributed by atoms with Crippen LogP contribution in [0.3, 0.4) is 0 Å². The molecule has 0 spiro atoms. The van der Waals surface area contributed by atoms with Crippen molar-refractivity contribution in [2.45, 2.75) is 13.0 Å². The van der Waals surface area contributed by atoms with E-state index in [2.05, 4.69) is 26.0 Å². The Balaban J connectivity index is 1.33. The molecule has 0 atom stereocenters. The molecule has 3 aromatic rings. The van der Waals surface area contributed by atoms with Gasteiger partial charge >= 0.3 is 6.01 Å². The number of piperazine rings is 1. The summed E-state index contributed by atoms with van der Waals surface area (Å²) in [5, 5.41) is 5.66. The van der Waals surface area contributed by atoms with Crippen molar-refractivity contribution in [3.8, 4) is 0 Å². The lowest BCUT2D eigenvalue weighted by Gasteiger charge is -2.33. The van der Waals surface area contributed by atoms with Gasteiger partial charge in [0.15, 0.2) is 5.82 Å². The molecule has 1 saturated heterocycles. The molecular formula is C20H20Cl2N4O. The molecule has 1 aromatic heterocycles. The van der Waals surface area contributed by atoms with E-state index in [1.165, 1.54) is 0 Å². The highest BCUT2D eigenvalue weighted by Crippen LogP contribution is 2.20. The van der Waals surface area contributed by atoms with Gasteiger partial charge in [-0.25, -0.2) is 0 Å². The quantitative estimate of drug-likeness (QED) is 0.636. The maximum absolute atomic E-state index is 6.27. The Kier molecular flexibility index (Phi) is 5.62. The van der Waals surface area contributed by atoms with Crippen molar-refractivity contribution in [1.29, 1.82) is 0 Å². The van der Waals surface area contributed by atoms with Gasteiger partial charge in [0.1, 0.15) is 0 Å². The maximum atomic E-state index is 6.27. The molecule has 7 heteroatoms. The Labute approximate surface area is 168 Å². The van der Waals surface area contributed by atoms with Crippen LogP contribution in [0.1, 0.15) is 17.0 Å². The summed E-state index contributed by atoms with van der Waals surface area (Å²) in [6.07, 6.45) is 0.632. The van der Waals surface area contributed by atoms with Crippen molar-refractivity contribution in [2.75, 3.05) is 31.1 Å². The molecule has 1 aliphatic heterocycles. The summed E-state index contributed by atoms with van der Waals surface area (Å²) in [6, 6.07) is 16.3. The molecule has 0 radical (unpaired) electrons. The Morgan fingerprint density at radius 2 is 1.67 bits per heavy atom.